The molecule has 0 fully saturated rings. The number of amides is 1. The van der Waals surface area contributed by atoms with Gasteiger partial charge >= 0.3 is 5.97 Å². The van der Waals surface area contributed by atoms with Crippen molar-refractivity contribution in [2.24, 2.45) is 5.92 Å². The number of nitrogens with zero attached hydrogens (tertiary/aromatic N) is 3. The van der Waals surface area contributed by atoms with Crippen LogP contribution in [-0.2, 0) is 16.1 Å². The molecule has 0 aliphatic rings. The standard InChI is InChI=1S/C21H24N4O5/c1-5-16(19(26)22-17-10-13(4)30-24-17)29-21(28)18-14-8-6-7-9-15(14)20(27)25(23-18)11-12(2)3/h6-10,12,16H,5,11H2,1-4H3,(H,22,24,26). The molecule has 0 bridgehead atoms. The van der Waals surface area contributed by atoms with Crippen LogP contribution in [0.5, 0.6) is 0 Å². The monoisotopic (exact) mass is 412 g/mol. The second kappa shape index (κ2) is 8.89. The van der Waals surface area contributed by atoms with Gasteiger partial charge in [0.2, 0.25) is 0 Å². The maximum absolute atomic E-state index is 12.9. The van der Waals surface area contributed by atoms with E-state index in [2.05, 4.69) is 15.6 Å². The van der Waals surface area contributed by atoms with Crippen LogP contribution in [0.25, 0.3) is 10.8 Å². The normalized spacial score (nSPS) is 12.2. The molecule has 9 heteroatoms. The van der Waals surface area contributed by atoms with Crippen LogP contribution in [0.15, 0.2) is 39.6 Å². The highest BCUT2D eigenvalue weighted by atomic mass is 16.5. The summed E-state index contributed by atoms with van der Waals surface area (Å²) in [5.74, 6) is -0.374. The molecular formula is C21H24N4O5. The highest BCUT2D eigenvalue weighted by Crippen LogP contribution is 2.17. The number of nitrogens with one attached hydrogen (secondary N) is 1. The Morgan fingerprint density at radius 2 is 1.93 bits per heavy atom. The summed E-state index contributed by atoms with van der Waals surface area (Å²) in [7, 11) is 0. The Bertz CT molecular complexity index is 1130. The Morgan fingerprint density at radius 3 is 2.53 bits per heavy atom. The fourth-order valence-corrected chi connectivity index (χ4v) is 2.99. The molecule has 1 aromatic carbocycles. The number of fused-ring (bicyclic) bond motifs is 1. The van der Waals surface area contributed by atoms with E-state index in [-0.39, 0.29) is 29.4 Å². The van der Waals surface area contributed by atoms with Crippen molar-refractivity contribution < 1.29 is 18.8 Å². The Kier molecular flexibility index (Phi) is 6.29. The summed E-state index contributed by atoms with van der Waals surface area (Å²) in [5.41, 5.74) is -0.281. The van der Waals surface area contributed by atoms with Gasteiger partial charge in [-0.2, -0.15) is 5.10 Å². The second-order valence-corrected chi connectivity index (χ2v) is 7.39. The SMILES string of the molecule is CCC(OC(=O)c1nn(CC(C)C)c(=O)c2ccccc12)C(=O)Nc1cc(C)on1. The zero-order valence-electron chi connectivity index (χ0n) is 17.3. The minimum atomic E-state index is -1.06. The summed E-state index contributed by atoms with van der Waals surface area (Å²) < 4.78 is 11.6. The minimum absolute atomic E-state index is 0.00520. The Morgan fingerprint density at radius 1 is 1.23 bits per heavy atom. The van der Waals surface area contributed by atoms with E-state index in [1.54, 1.807) is 44.2 Å². The van der Waals surface area contributed by atoms with Gasteiger partial charge in [-0.05, 0) is 25.3 Å². The largest absolute Gasteiger partial charge is 0.447 e. The molecule has 0 radical (unpaired) electrons. The van der Waals surface area contributed by atoms with E-state index in [0.29, 0.717) is 23.1 Å². The molecule has 30 heavy (non-hydrogen) atoms. The quantitative estimate of drug-likeness (QED) is 0.593. The summed E-state index contributed by atoms with van der Waals surface area (Å²) in [6.45, 7) is 7.67. The van der Waals surface area contributed by atoms with E-state index >= 15 is 0 Å². The zero-order valence-corrected chi connectivity index (χ0v) is 17.3. The lowest BCUT2D eigenvalue weighted by molar-refractivity contribution is -0.124. The number of esters is 1. The van der Waals surface area contributed by atoms with Crippen molar-refractivity contribution in [3.05, 3.63) is 52.1 Å². The number of ether oxygens (including phenoxy) is 1. The third-order valence-electron chi connectivity index (χ3n) is 4.39. The van der Waals surface area contributed by atoms with Crippen LogP contribution >= 0.6 is 0 Å². The molecule has 3 aromatic rings. The van der Waals surface area contributed by atoms with Gasteiger partial charge in [-0.15, -0.1) is 0 Å². The number of aryl methyl sites for hydroxylation is 1. The minimum Gasteiger partial charge on any atom is -0.447 e. The molecule has 0 aliphatic carbocycles. The molecular weight excluding hydrogens is 388 g/mol. The molecule has 0 saturated carbocycles. The second-order valence-electron chi connectivity index (χ2n) is 7.39. The van der Waals surface area contributed by atoms with Gasteiger partial charge < -0.3 is 14.6 Å². The van der Waals surface area contributed by atoms with Crippen LogP contribution in [0.1, 0.15) is 43.4 Å². The maximum atomic E-state index is 12.9. The van der Waals surface area contributed by atoms with E-state index in [9.17, 15) is 14.4 Å². The first-order chi connectivity index (χ1) is 14.3. The molecule has 0 aliphatic heterocycles. The molecule has 158 valence electrons. The van der Waals surface area contributed by atoms with Crippen molar-refractivity contribution in [3.8, 4) is 0 Å². The van der Waals surface area contributed by atoms with Gasteiger partial charge in [0, 0.05) is 18.0 Å². The third-order valence-corrected chi connectivity index (χ3v) is 4.39. The van der Waals surface area contributed by atoms with Crippen LogP contribution in [0.4, 0.5) is 5.82 Å². The van der Waals surface area contributed by atoms with Crippen molar-refractivity contribution in [1.82, 2.24) is 14.9 Å². The molecule has 1 unspecified atom stereocenters. The van der Waals surface area contributed by atoms with E-state index in [0.717, 1.165) is 0 Å². The van der Waals surface area contributed by atoms with Crippen LogP contribution in [-0.4, -0.2) is 32.9 Å². The highest BCUT2D eigenvalue weighted by Gasteiger charge is 2.26. The fraction of sp³-hybridized carbons (Fsp3) is 0.381. The number of benzene rings is 1. The molecule has 1 amide bonds. The zero-order chi connectivity index (χ0) is 21.8. The van der Waals surface area contributed by atoms with Crippen molar-refractivity contribution in [1.29, 1.82) is 0 Å². The number of aromatic nitrogens is 3. The van der Waals surface area contributed by atoms with Gasteiger partial charge in [-0.25, -0.2) is 9.48 Å². The molecule has 1 atom stereocenters. The van der Waals surface area contributed by atoms with Gasteiger partial charge in [-0.1, -0.05) is 44.1 Å². The smallest absolute Gasteiger partial charge is 0.360 e. The van der Waals surface area contributed by atoms with Crippen molar-refractivity contribution in [2.45, 2.75) is 46.8 Å². The van der Waals surface area contributed by atoms with Crippen LogP contribution in [0.3, 0.4) is 0 Å². The Balaban J connectivity index is 1.90. The van der Waals surface area contributed by atoms with Gasteiger partial charge in [-0.3, -0.25) is 9.59 Å². The lowest BCUT2D eigenvalue weighted by Crippen LogP contribution is -2.34. The number of rotatable bonds is 7. The molecule has 2 heterocycles. The summed E-state index contributed by atoms with van der Waals surface area (Å²) in [6, 6.07) is 8.27. The molecule has 0 spiro atoms. The number of carbonyl (C=O) groups excluding carboxylic acids is 2. The topological polar surface area (TPSA) is 116 Å². The highest BCUT2D eigenvalue weighted by molar-refractivity contribution is 6.03. The molecule has 3 rings (SSSR count). The van der Waals surface area contributed by atoms with Gasteiger partial charge in [0.25, 0.3) is 11.5 Å². The lowest BCUT2D eigenvalue weighted by Gasteiger charge is -2.16. The van der Waals surface area contributed by atoms with Crippen LogP contribution in [0, 0.1) is 12.8 Å². The number of hydrogen-bond donors (Lipinski definition) is 1. The first-order valence-electron chi connectivity index (χ1n) is 9.75. The predicted molar refractivity (Wildman–Crippen MR) is 110 cm³/mol. The van der Waals surface area contributed by atoms with E-state index in [1.165, 1.54) is 4.68 Å². The van der Waals surface area contributed by atoms with Gasteiger partial charge in [0.1, 0.15) is 5.76 Å². The van der Waals surface area contributed by atoms with Crippen LogP contribution in [0.2, 0.25) is 0 Å². The maximum Gasteiger partial charge on any atom is 0.360 e. The van der Waals surface area contributed by atoms with Crippen molar-refractivity contribution in [2.75, 3.05) is 5.32 Å². The molecule has 1 N–H and O–H groups in total. The molecule has 2 aromatic heterocycles. The molecule has 0 saturated heterocycles. The van der Waals surface area contributed by atoms with Crippen molar-refractivity contribution >= 4 is 28.5 Å². The summed E-state index contributed by atoms with van der Waals surface area (Å²) in [4.78, 5) is 38.1. The lowest BCUT2D eigenvalue weighted by atomic mass is 10.1. The van der Waals surface area contributed by atoms with E-state index in [1.807, 2.05) is 13.8 Å². The first-order valence-corrected chi connectivity index (χ1v) is 9.75. The third kappa shape index (κ3) is 4.56. The van der Waals surface area contributed by atoms with E-state index < -0.39 is 18.0 Å². The average Bonchev–Trinajstić information content (AvgIpc) is 3.12. The number of carbonyl (C=O) groups is 2. The summed E-state index contributed by atoms with van der Waals surface area (Å²) in [6.07, 6.45) is -0.807. The molecule has 9 nitrogen and oxygen atoms in total. The number of hydrogen-bond acceptors (Lipinski definition) is 7. The van der Waals surface area contributed by atoms with Gasteiger partial charge in [0.15, 0.2) is 17.6 Å². The van der Waals surface area contributed by atoms with Gasteiger partial charge in [0.05, 0.1) is 5.39 Å². The fourth-order valence-electron chi connectivity index (χ4n) is 2.99. The van der Waals surface area contributed by atoms with Crippen LogP contribution < -0.4 is 10.9 Å². The summed E-state index contributed by atoms with van der Waals surface area (Å²) in [5, 5.41) is 11.3. The Labute approximate surface area is 173 Å². The van der Waals surface area contributed by atoms with E-state index in [4.69, 9.17) is 9.26 Å². The number of anilines is 1. The van der Waals surface area contributed by atoms with Crippen molar-refractivity contribution in [3.63, 3.8) is 0 Å². The average molecular weight is 412 g/mol. The summed E-state index contributed by atoms with van der Waals surface area (Å²) >= 11 is 0. The Hall–Kier alpha value is -3.49. The first kappa shape index (κ1) is 21.2. The predicted octanol–water partition coefficient (Wildman–Crippen LogP) is 2.92.